The Morgan fingerprint density at radius 3 is 2.76 bits per heavy atom. The van der Waals surface area contributed by atoms with Gasteiger partial charge in [-0.05, 0) is 5.56 Å². The lowest BCUT2D eigenvalue weighted by molar-refractivity contribution is 0.0618. The predicted octanol–water partition coefficient (Wildman–Crippen LogP) is 0.920. The molecule has 94 valence electrons. The summed E-state index contributed by atoms with van der Waals surface area (Å²) in [6.07, 6.45) is -1.27. The Morgan fingerprint density at radius 2 is 2.12 bits per heavy atom. The third-order valence-corrected chi connectivity index (χ3v) is 2.05. The molecule has 0 radical (unpaired) electrons. The second kappa shape index (κ2) is 7.65. The lowest BCUT2D eigenvalue weighted by Crippen LogP contribution is -2.34. The summed E-state index contributed by atoms with van der Waals surface area (Å²) in [7, 11) is 1.48. The maximum atomic E-state index is 11.2. The zero-order chi connectivity index (χ0) is 12.5. The molecule has 0 spiro atoms. The van der Waals surface area contributed by atoms with Crippen molar-refractivity contribution in [3.05, 3.63) is 35.9 Å². The average molecular weight is 239 g/mol. The first-order valence-corrected chi connectivity index (χ1v) is 5.34. The fourth-order valence-corrected chi connectivity index (χ4v) is 1.23. The van der Waals surface area contributed by atoms with Crippen LogP contribution in [-0.4, -0.2) is 37.6 Å². The minimum atomic E-state index is -0.718. The minimum Gasteiger partial charge on any atom is -0.445 e. The van der Waals surface area contributed by atoms with Gasteiger partial charge in [0.05, 0.1) is 12.7 Å². The highest BCUT2D eigenvalue weighted by Crippen LogP contribution is 2.00. The molecule has 5 nitrogen and oxygen atoms in total. The molecule has 0 fully saturated rings. The summed E-state index contributed by atoms with van der Waals surface area (Å²) in [5.41, 5.74) is 0.917. The highest BCUT2D eigenvalue weighted by atomic mass is 16.5. The number of aliphatic hydroxyl groups excluding tert-OH is 1. The normalized spacial score (nSPS) is 11.9. The Hall–Kier alpha value is -1.59. The van der Waals surface area contributed by atoms with Crippen LogP contribution in [0.4, 0.5) is 4.79 Å². The predicted molar refractivity (Wildman–Crippen MR) is 62.5 cm³/mol. The van der Waals surface area contributed by atoms with Gasteiger partial charge in [0, 0.05) is 13.7 Å². The van der Waals surface area contributed by atoms with Crippen LogP contribution in [-0.2, 0) is 16.1 Å². The molecule has 17 heavy (non-hydrogen) atoms. The highest BCUT2D eigenvalue weighted by molar-refractivity contribution is 5.67. The van der Waals surface area contributed by atoms with Crippen LogP contribution in [0.25, 0.3) is 0 Å². The summed E-state index contributed by atoms with van der Waals surface area (Å²) in [5.74, 6) is 0. The van der Waals surface area contributed by atoms with Crippen molar-refractivity contribution >= 4 is 6.09 Å². The number of methoxy groups -OCH3 is 1. The van der Waals surface area contributed by atoms with Crippen molar-refractivity contribution in [3.8, 4) is 0 Å². The van der Waals surface area contributed by atoms with E-state index in [0.717, 1.165) is 5.56 Å². The number of hydrogen-bond acceptors (Lipinski definition) is 4. The van der Waals surface area contributed by atoms with E-state index in [-0.39, 0.29) is 19.8 Å². The maximum Gasteiger partial charge on any atom is 0.407 e. The van der Waals surface area contributed by atoms with Gasteiger partial charge in [-0.25, -0.2) is 4.79 Å². The number of hydrogen-bond donors (Lipinski definition) is 2. The van der Waals surface area contributed by atoms with Crippen LogP contribution < -0.4 is 5.32 Å². The second-order valence-electron chi connectivity index (χ2n) is 3.55. The van der Waals surface area contributed by atoms with Gasteiger partial charge in [0.15, 0.2) is 0 Å². The number of alkyl carbamates (subject to hydrolysis) is 1. The molecule has 2 N–H and O–H groups in total. The SMILES string of the molecule is COC[C@@H](O)CNC(=O)OCc1ccccc1. The first-order valence-electron chi connectivity index (χ1n) is 5.34. The van der Waals surface area contributed by atoms with Gasteiger partial charge in [0.2, 0.25) is 0 Å². The van der Waals surface area contributed by atoms with E-state index in [0.29, 0.717) is 0 Å². The molecule has 0 aliphatic rings. The standard InChI is InChI=1S/C12H17NO4/c1-16-9-11(14)7-13-12(15)17-8-10-5-3-2-4-6-10/h2-6,11,14H,7-9H2,1H3,(H,13,15)/t11-/m0/s1. The van der Waals surface area contributed by atoms with Gasteiger partial charge in [0.1, 0.15) is 6.61 Å². The number of nitrogens with one attached hydrogen (secondary N) is 1. The highest BCUT2D eigenvalue weighted by Gasteiger charge is 2.07. The molecule has 0 aliphatic carbocycles. The first kappa shape index (κ1) is 13.5. The molecule has 1 amide bonds. The molecule has 1 atom stereocenters. The summed E-state index contributed by atoms with van der Waals surface area (Å²) >= 11 is 0. The van der Waals surface area contributed by atoms with E-state index in [1.165, 1.54) is 7.11 Å². The lowest BCUT2D eigenvalue weighted by atomic mass is 10.2. The molecule has 0 heterocycles. The van der Waals surface area contributed by atoms with E-state index in [1.807, 2.05) is 30.3 Å². The van der Waals surface area contributed by atoms with Crippen molar-refractivity contribution in [3.63, 3.8) is 0 Å². The zero-order valence-electron chi connectivity index (χ0n) is 9.76. The fourth-order valence-electron chi connectivity index (χ4n) is 1.23. The van der Waals surface area contributed by atoms with Crippen molar-refractivity contribution in [2.24, 2.45) is 0 Å². The zero-order valence-corrected chi connectivity index (χ0v) is 9.76. The summed E-state index contributed by atoms with van der Waals surface area (Å²) in [6.45, 7) is 0.507. The summed E-state index contributed by atoms with van der Waals surface area (Å²) in [5, 5.41) is 11.7. The Labute approximate surface area is 100 Å². The monoisotopic (exact) mass is 239 g/mol. The molecule has 0 saturated heterocycles. The first-order chi connectivity index (χ1) is 8.22. The molecule has 0 bridgehead atoms. The van der Waals surface area contributed by atoms with Gasteiger partial charge in [-0.2, -0.15) is 0 Å². The molecule has 1 rings (SSSR count). The molecule has 0 saturated carbocycles. The van der Waals surface area contributed by atoms with Crippen molar-refractivity contribution in [2.75, 3.05) is 20.3 Å². The van der Waals surface area contributed by atoms with Crippen LogP contribution in [0.3, 0.4) is 0 Å². The third-order valence-electron chi connectivity index (χ3n) is 2.05. The average Bonchev–Trinajstić information content (AvgIpc) is 2.35. The van der Waals surface area contributed by atoms with Gasteiger partial charge >= 0.3 is 6.09 Å². The quantitative estimate of drug-likeness (QED) is 0.774. The summed E-state index contributed by atoms with van der Waals surface area (Å²) < 4.78 is 9.68. The Morgan fingerprint density at radius 1 is 1.41 bits per heavy atom. The van der Waals surface area contributed by atoms with E-state index in [4.69, 9.17) is 9.47 Å². The number of amides is 1. The third kappa shape index (κ3) is 5.89. The maximum absolute atomic E-state index is 11.2. The van der Waals surface area contributed by atoms with Crippen LogP contribution in [0.2, 0.25) is 0 Å². The second-order valence-corrected chi connectivity index (χ2v) is 3.55. The smallest absolute Gasteiger partial charge is 0.407 e. The van der Waals surface area contributed by atoms with E-state index in [1.54, 1.807) is 0 Å². The van der Waals surface area contributed by atoms with Gasteiger partial charge < -0.3 is 19.9 Å². The lowest BCUT2D eigenvalue weighted by Gasteiger charge is -2.11. The topological polar surface area (TPSA) is 67.8 Å². The summed E-state index contributed by atoms with van der Waals surface area (Å²) in [4.78, 5) is 11.2. The number of aliphatic hydroxyl groups is 1. The van der Waals surface area contributed by atoms with Gasteiger partial charge in [-0.3, -0.25) is 0 Å². The van der Waals surface area contributed by atoms with Crippen LogP contribution in [0.5, 0.6) is 0 Å². The van der Waals surface area contributed by atoms with Gasteiger partial charge in [-0.15, -0.1) is 0 Å². The van der Waals surface area contributed by atoms with Gasteiger partial charge in [0.25, 0.3) is 0 Å². The number of carbonyl (C=O) groups is 1. The molecular weight excluding hydrogens is 222 g/mol. The van der Waals surface area contributed by atoms with Crippen LogP contribution in [0, 0.1) is 0 Å². The molecule has 0 aromatic heterocycles. The van der Waals surface area contributed by atoms with E-state index >= 15 is 0 Å². The molecule has 5 heteroatoms. The molecule has 0 aliphatic heterocycles. The minimum absolute atomic E-state index is 0.113. The van der Waals surface area contributed by atoms with E-state index in [2.05, 4.69) is 5.32 Å². The van der Waals surface area contributed by atoms with E-state index in [9.17, 15) is 9.90 Å². The Balaban J connectivity index is 2.17. The van der Waals surface area contributed by atoms with Crippen LogP contribution >= 0.6 is 0 Å². The molecule has 1 aromatic rings. The Bertz CT molecular complexity index is 329. The van der Waals surface area contributed by atoms with Crippen molar-refractivity contribution < 1.29 is 19.4 Å². The van der Waals surface area contributed by atoms with Gasteiger partial charge in [-0.1, -0.05) is 30.3 Å². The largest absolute Gasteiger partial charge is 0.445 e. The number of benzene rings is 1. The van der Waals surface area contributed by atoms with Crippen LogP contribution in [0.15, 0.2) is 30.3 Å². The van der Waals surface area contributed by atoms with Crippen molar-refractivity contribution in [2.45, 2.75) is 12.7 Å². The number of carbonyl (C=O) groups excluding carboxylic acids is 1. The van der Waals surface area contributed by atoms with E-state index < -0.39 is 12.2 Å². The number of ether oxygens (including phenoxy) is 2. The van der Waals surface area contributed by atoms with Crippen molar-refractivity contribution in [1.82, 2.24) is 5.32 Å². The Kier molecular flexibility index (Phi) is 6.06. The van der Waals surface area contributed by atoms with Crippen molar-refractivity contribution in [1.29, 1.82) is 0 Å². The number of rotatable bonds is 6. The summed E-state index contributed by atoms with van der Waals surface area (Å²) in [6, 6.07) is 9.38. The molecule has 0 unspecified atom stereocenters. The fraction of sp³-hybridized carbons (Fsp3) is 0.417. The molecular formula is C12H17NO4. The van der Waals surface area contributed by atoms with Crippen LogP contribution in [0.1, 0.15) is 5.56 Å². The molecule has 1 aromatic carbocycles.